The summed E-state index contributed by atoms with van der Waals surface area (Å²) in [7, 11) is 0. The fourth-order valence-electron chi connectivity index (χ4n) is 8.31. The summed E-state index contributed by atoms with van der Waals surface area (Å²) in [6, 6.07) is 73.3. The molecule has 0 spiro atoms. The van der Waals surface area contributed by atoms with Crippen LogP contribution in [0.25, 0.3) is 84.5 Å². The van der Waals surface area contributed by atoms with Crippen molar-refractivity contribution < 1.29 is 0 Å². The van der Waals surface area contributed by atoms with E-state index >= 15 is 0 Å². The van der Waals surface area contributed by atoms with Gasteiger partial charge in [-0.3, -0.25) is 0 Å². The van der Waals surface area contributed by atoms with Crippen LogP contribution in [0.4, 0.5) is 17.1 Å². The molecule has 0 saturated heterocycles. The number of hydrogen-bond acceptors (Lipinski definition) is 3. The molecule has 3 heteroatoms. The summed E-state index contributed by atoms with van der Waals surface area (Å²) in [4.78, 5) is 2.48. The lowest BCUT2D eigenvalue weighted by molar-refractivity contribution is 1.31. The zero-order valence-corrected chi connectivity index (χ0v) is 31.4. The Morgan fingerprint density at radius 1 is 0.327 bits per heavy atom. The largest absolute Gasteiger partial charge is 0.310 e. The zero-order chi connectivity index (χ0) is 36.3. The van der Waals surface area contributed by atoms with E-state index in [9.17, 15) is 0 Å². The third-order valence-corrected chi connectivity index (χ3v) is 13.3. The van der Waals surface area contributed by atoms with E-state index in [2.05, 4.69) is 205 Å². The van der Waals surface area contributed by atoms with E-state index in [1.165, 1.54) is 90.2 Å². The van der Waals surface area contributed by atoms with Gasteiger partial charge in [0.1, 0.15) is 0 Å². The zero-order valence-electron chi connectivity index (χ0n) is 29.8. The van der Waals surface area contributed by atoms with E-state index in [0.29, 0.717) is 0 Å². The molecule has 0 fully saturated rings. The van der Waals surface area contributed by atoms with E-state index in [1.807, 2.05) is 22.7 Å². The van der Waals surface area contributed by atoms with Crippen LogP contribution in [0.5, 0.6) is 0 Å². The summed E-state index contributed by atoms with van der Waals surface area (Å²) in [6.07, 6.45) is 0. The topological polar surface area (TPSA) is 3.24 Å². The second kappa shape index (κ2) is 13.1. The molecule has 0 atom stereocenters. The molecule has 258 valence electrons. The summed E-state index contributed by atoms with van der Waals surface area (Å²) in [6.45, 7) is 0. The molecule has 0 unspecified atom stereocenters. The highest BCUT2D eigenvalue weighted by Crippen LogP contribution is 2.50. The molecule has 0 bridgehead atoms. The molecule has 0 aliphatic rings. The molecule has 0 radical (unpaired) electrons. The standard InChI is InChI=1S/C52H33NS2/c1-3-13-35(14-4-1)42-22-12-23-44-46-33-39(29-32-49(46)54-51(42)44)53(38-27-25-37(26-28-38)41-21-11-18-34-17-7-8-19-40(34)41)47-31-30-43(36-15-5-2-6-16-36)52-50(47)45-20-9-10-24-48(45)55-52/h1-33H. The quantitative estimate of drug-likeness (QED) is 0.164. The average Bonchev–Trinajstić information content (AvgIpc) is 3.84. The number of rotatable bonds is 6. The molecule has 11 rings (SSSR count). The molecule has 0 saturated carbocycles. The van der Waals surface area contributed by atoms with Gasteiger partial charge in [-0.05, 0) is 86.6 Å². The Bertz CT molecular complexity index is 3190. The summed E-state index contributed by atoms with van der Waals surface area (Å²) in [5.41, 5.74) is 10.9. The van der Waals surface area contributed by atoms with Gasteiger partial charge in [-0.1, -0.05) is 158 Å². The minimum absolute atomic E-state index is 1.12. The normalized spacial score (nSPS) is 11.6. The number of benzene rings is 9. The van der Waals surface area contributed by atoms with Gasteiger partial charge in [0, 0.05) is 51.7 Å². The predicted octanol–water partition coefficient (Wildman–Crippen LogP) is 16.0. The average molecular weight is 736 g/mol. The van der Waals surface area contributed by atoms with Gasteiger partial charge in [-0.15, -0.1) is 22.7 Å². The molecule has 0 N–H and O–H groups in total. The third kappa shape index (κ3) is 5.35. The van der Waals surface area contributed by atoms with E-state index in [-0.39, 0.29) is 0 Å². The van der Waals surface area contributed by atoms with Crippen molar-refractivity contribution in [1.29, 1.82) is 0 Å². The Labute approximate surface area is 327 Å². The van der Waals surface area contributed by atoms with Gasteiger partial charge in [-0.2, -0.15) is 0 Å². The van der Waals surface area contributed by atoms with Crippen molar-refractivity contribution in [1.82, 2.24) is 0 Å². The fourth-order valence-corrected chi connectivity index (χ4v) is 10.8. The van der Waals surface area contributed by atoms with Crippen molar-refractivity contribution in [2.45, 2.75) is 0 Å². The van der Waals surface area contributed by atoms with Crippen LogP contribution in [-0.4, -0.2) is 0 Å². The van der Waals surface area contributed by atoms with Crippen molar-refractivity contribution >= 4 is 90.9 Å². The summed E-state index contributed by atoms with van der Waals surface area (Å²) >= 11 is 3.77. The lowest BCUT2D eigenvalue weighted by Crippen LogP contribution is -2.10. The maximum atomic E-state index is 2.48. The van der Waals surface area contributed by atoms with Crippen LogP contribution in [-0.2, 0) is 0 Å². The van der Waals surface area contributed by atoms with Crippen LogP contribution in [0.3, 0.4) is 0 Å². The van der Waals surface area contributed by atoms with Gasteiger partial charge in [0.05, 0.1) is 5.69 Å². The van der Waals surface area contributed by atoms with E-state index in [4.69, 9.17) is 0 Å². The first-order valence-electron chi connectivity index (χ1n) is 18.7. The SMILES string of the molecule is c1ccc(-c2cccc3c2sc2ccc(N(c4ccc(-c5cccc6ccccc56)cc4)c4ccc(-c5ccccc5)c5sc6ccccc6c45)cc23)cc1. The van der Waals surface area contributed by atoms with E-state index in [1.54, 1.807) is 0 Å². The minimum atomic E-state index is 1.12. The van der Waals surface area contributed by atoms with Crippen LogP contribution in [0.15, 0.2) is 200 Å². The smallest absolute Gasteiger partial charge is 0.0555 e. The fraction of sp³-hybridized carbons (Fsp3) is 0. The highest BCUT2D eigenvalue weighted by molar-refractivity contribution is 7.26. The third-order valence-electron chi connectivity index (χ3n) is 10.9. The van der Waals surface area contributed by atoms with E-state index in [0.717, 1.165) is 11.4 Å². The van der Waals surface area contributed by atoms with Crippen molar-refractivity contribution in [3.05, 3.63) is 200 Å². The second-order valence-electron chi connectivity index (χ2n) is 14.0. The maximum absolute atomic E-state index is 2.48. The first-order valence-corrected chi connectivity index (χ1v) is 20.3. The molecule has 0 aliphatic heterocycles. The summed E-state index contributed by atoms with van der Waals surface area (Å²) in [5, 5.41) is 7.65. The Hall–Kier alpha value is -6.52. The summed E-state index contributed by atoms with van der Waals surface area (Å²) in [5.74, 6) is 0. The van der Waals surface area contributed by atoms with Crippen LogP contribution in [0.2, 0.25) is 0 Å². The Balaban J connectivity index is 1.15. The van der Waals surface area contributed by atoms with Crippen molar-refractivity contribution in [2.24, 2.45) is 0 Å². The van der Waals surface area contributed by atoms with Gasteiger partial charge in [0.15, 0.2) is 0 Å². The number of hydrogen-bond donors (Lipinski definition) is 0. The molecule has 0 aliphatic carbocycles. The van der Waals surface area contributed by atoms with Gasteiger partial charge >= 0.3 is 0 Å². The number of fused-ring (bicyclic) bond motifs is 7. The van der Waals surface area contributed by atoms with Gasteiger partial charge in [0.2, 0.25) is 0 Å². The highest BCUT2D eigenvalue weighted by Gasteiger charge is 2.22. The second-order valence-corrected chi connectivity index (χ2v) is 16.1. The Morgan fingerprint density at radius 3 is 1.69 bits per heavy atom. The maximum Gasteiger partial charge on any atom is 0.0555 e. The van der Waals surface area contributed by atoms with Crippen LogP contribution < -0.4 is 4.90 Å². The van der Waals surface area contributed by atoms with Crippen LogP contribution in [0.1, 0.15) is 0 Å². The summed E-state index contributed by atoms with van der Waals surface area (Å²) < 4.78 is 5.21. The number of thiophene rings is 2. The lowest BCUT2D eigenvalue weighted by atomic mass is 9.97. The molecule has 11 aromatic rings. The minimum Gasteiger partial charge on any atom is -0.310 e. The molecule has 1 nitrogen and oxygen atoms in total. The molecular weight excluding hydrogens is 703 g/mol. The number of nitrogens with zero attached hydrogens (tertiary/aromatic N) is 1. The monoisotopic (exact) mass is 735 g/mol. The molecule has 2 heterocycles. The van der Waals surface area contributed by atoms with Crippen molar-refractivity contribution in [3.8, 4) is 33.4 Å². The van der Waals surface area contributed by atoms with Crippen molar-refractivity contribution in [2.75, 3.05) is 4.90 Å². The van der Waals surface area contributed by atoms with Gasteiger partial charge in [0.25, 0.3) is 0 Å². The molecule has 2 aromatic heterocycles. The number of anilines is 3. The van der Waals surface area contributed by atoms with Gasteiger partial charge < -0.3 is 4.90 Å². The van der Waals surface area contributed by atoms with Crippen molar-refractivity contribution in [3.63, 3.8) is 0 Å². The molecule has 0 amide bonds. The van der Waals surface area contributed by atoms with E-state index < -0.39 is 0 Å². The first kappa shape index (κ1) is 32.0. The first-order chi connectivity index (χ1) is 27.3. The lowest BCUT2D eigenvalue weighted by Gasteiger charge is -2.27. The predicted molar refractivity (Wildman–Crippen MR) is 241 cm³/mol. The van der Waals surface area contributed by atoms with Crippen LogP contribution >= 0.6 is 22.7 Å². The van der Waals surface area contributed by atoms with Gasteiger partial charge in [-0.25, -0.2) is 0 Å². The highest BCUT2D eigenvalue weighted by atomic mass is 32.1. The molecular formula is C52H33NS2. The Kier molecular flexibility index (Phi) is 7.61. The molecule has 9 aromatic carbocycles. The molecule has 55 heavy (non-hydrogen) atoms. The van der Waals surface area contributed by atoms with Crippen LogP contribution in [0, 0.1) is 0 Å². The Morgan fingerprint density at radius 2 is 0.891 bits per heavy atom.